The van der Waals surface area contributed by atoms with Crippen LogP contribution < -0.4 is 5.32 Å². The fraction of sp³-hybridized carbons (Fsp3) is 0.200. The van der Waals surface area contributed by atoms with Crippen LogP contribution in [-0.2, 0) is 6.54 Å². The van der Waals surface area contributed by atoms with E-state index in [4.69, 9.17) is 0 Å². The van der Waals surface area contributed by atoms with Crippen molar-refractivity contribution >= 4 is 34.0 Å². The third-order valence-electron chi connectivity index (χ3n) is 3.01. The Labute approximate surface area is 125 Å². The molecule has 0 saturated heterocycles. The minimum atomic E-state index is 0.423. The summed E-state index contributed by atoms with van der Waals surface area (Å²) in [6.45, 7) is 3.16. The maximum absolute atomic E-state index is 3.58. The van der Waals surface area contributed by atoms with Crippen molar-refractivity contribution in [3.63, 3.8) is 0 Å². The van der Waals surface area contributed by atoms with Gasteiger partial charge in [-0.05, 0) is 41.3 Å². The van der Waals surface area contributed by atoms with Gasteiger partial charge in [-0.2, -0.15) is 0 Å². The van der Waals surface area contributed by atoms with Gasteiger partial charge >= 0.3 is 0 Å². The first kappa shape index (κ1) is 13.1. The molecule has 0 aliphatic heterocycles. The van der Waals surface area contributed by atoms with Crippen LogP contribution in [0.3, 0.4) is 0 Å². The van der Waals surface area contributed by atoms with E-state index >= 15 is 0 Å². The van der Waals surface area contributed by atoms with E-state index in [0.29, 0.717) is 6.04 Å². The smallest absolute Gasteiger partial charge is 0.0389 e. The van der Waals surface area contributed by atoms with Crippen LogP contribution in [0.4, 0.5) is 0 Å². The first-order chi connectivity index (χ1) is 9.33. The fourth-order valence-electron chi connectivity index (χ4n) is 1.94. The molecule has 1 nitrogen and oxygen atoms in total. The second-order valence-corrected chi connectivity index (χ2v) is 7.32. The Morgan fingerprint density at radius 1 is 1.11 bits per heavy atom. The molecule has 0 aromatic carbocycles. The van der Waals surface area contributed by atoms with E-state index in [1.54, 1.807) is 11.3 Å². The van der Waals surface area contributed by atoms with Crippen LogP contribution >= 0.6 is 34.0 Å². The maximum atomic E-state index is 3.58. The first-order valence-corrected chi connectivity index (χ1v) is 8.85. The molecule has 0 saturated carbocycles. The molecule has 1 unspecified atom stereocenters. The van der Waals surface area contributed by atoms with Gasteiger partial charge in [0.1, 0.15) is 0 Å². The average molecular weight is 305 g/mol. The van der Waals surface area contributed by atoms with E-state index in [1.165, 1.54) is 20.2 Å². The number of rotatable bonds is 5. The third-order valence-corrected chi connectivity index (χ3v) is 5.92. The van der Waals surface area contributed by atoms with Crippen molar-refractivity contribution in [3.05, 3.63) is 56.2 Å². The van der Waals surface area contributed by atoms with Gasteiger partial charge in [-0.1, -0.05) is 12.1 Å². The number of hydrogen-bond acceptors (Lipinski definition) is 4. The van der Waals surface area contributed by atoms with Crippen molar-refractivity contribution in [1.82, 2.24) is 5.32 Å². The fourth-order valence-corrected chi connectivity index (χ4v) is 4.32. The Bertz CT molecular complexity index is 608. The largest absolute Gasteiger partial charge is 0.305 e. The quantitative estimate of drug-likeness (QED) is 0.666. The zero-order chi connectivity index (χ0) is 13.1. The molecule has 0 radical (unpaired) electrons. The van der Waals surface area contributed by atoms with Gasteiger partial charge in [-0.15, -0.1) is 34.0 Å². The molecule has 3 aromatic heterocycles. The van der Waals surface area contributed by atoms with Crippen LogP contribution in [0, 0.1) is 0 Å². The Morgan fingerprint density at radius 2 is 1.95 bits per heavy atom. The lowest BCUT2D eigenvalue weighted by Gasteiger charge is -2.10. The third kappa shape index (κ3) is 3.15. The Morgan fingerprint density at radius 3 is 2.68 bits per heavy atom. The van der Waals surface area contributed by atoms with Gasteiger partial charge in [0.15, 0.2) is 0 Å². The first-order valence-electron chi connectivity index (χ1n) is 6.21. The molecule has 3 aromatic rings. The highest BCUT2D eigenvalue weighted by molar-refractivity contribution is 7.14. The van der Waals surface area contributed by atoms with E-state index in [-0.39, 0.29) is 0 Å². The maximum Gasteiger partial charge on any atom is 0.0389 e. The second kappa shape index (κ2) is 6.01. The van der Waals surface area contributed by atoms with Gasteiger partial charge in [0.2, 0.25) is 0 Å². The zero-order valence-electron chi connectivity index (χ0n) is 10.6. The van der Waals surface area contributed by atoms with Crippen molar-refractivity contribution < 1.29 is 0 Å². The minimum Gasteiger partial charge on any atom is -0.305 e. The van der Waals surface area contributed by atoms with Gasteiger partial charge in [0.25, 0.3) is 0 Å². The van der Waals surface area contributed by atoms with E-state index in [1.807, 2.05) is 22.7 Å². The molecule has 0 fully saturated rings. The summed E-state index contributed by atoms with van der Waals surface area (Å²) >= 11 is 5.45. The van der Waals surface area contributed by atoms with Crippen LogP contribution in [0.25, 0.3) is 10.4 Å². The summed E-state index contributed by atoms with van der Waals surface area (Å²) in [7, 11) is 0. The molecule has 0 bridgehead atoms. The standard InChI is InChI=1S/C15H15NS3/c1-11(14-4-2-6-17-14)16-9-13-8-12(10-19-13)15-5-3-7-18-15/h2-8,10-11,16H,9H2,1H3. The summed E-state index contributed by atoms with van der Waals surface area (Å²) in [5.41, 5.74) is 1.35. The molecule has 1 atom stereocenters. The highest BCUT2D eigenvalue weighted by Crippen LogP contribution is 2.29. The zero-order valence-corrected chi connectivity index (χ0v) is 13.1. The summed E-state index contributed by atoms with van der Waals surface area (Å²) in [5, 5.41) is 10.1. The van der Waals surface area contributed by atoms with Gasteiger partial charge in [-0.3, -0.25) is 0 Å². The molecule has 3 heterocycles. The summed E-state index contributed by atoms with van der Waals surface area (Å²) in [6, 6.07) is 11.3. The predicted octanol–water partition coefficient (Wildman–Crippen LogP) is 5.39. The molecule has 0 amide bonds. The molecule has 0 aliphatic rings. The minimum absolute atomic E-state index is 0.423. The number of hydrogen-bond donors (Lipinski definition) is 1. The highest BCUT2D eigenvalue weighted by atomic mass is 32.1. The monoisotopic (exact) mass is 305 g/mol. The Kier molecular flexibility index (Phi) is 4.13. The van der Waals surface area contributed by atoms with Gasteiger partial charge < -0.3 is 5.32 Å². The molecular weight excluding hydrogens is 290 g/mol. The van der Waals surface area contributed by atoms with E-state index in [9.17, 15) is 0 Å². The SMILES string of the molecule is CC(NCc1cc(-c2cccs2)cs1)c1cccs1. The molecule has 98 valence electrons. The van der Waals surface area contributed by atoms with E-state index in [2.05, 4.69) is 58.7 Å². The van der Waals surface area contributed by atoms with Gasteiger partial charge in [-0.25, -0.2) is 0 Å². The highest BCUT2D eigenvalue weighted by Gasteiger charge is 2.07. The number of thiophene rings is 3. The van der Waals surface area contributed by atoms with Crippen molar-refractivity contribution in [2.75, 3.05) is 0 Å². The summed E-state index contributed by atoms with van der Waals surface area (Å²) in [6.07, 6.45) is 0. The van der Waals surface area contributed by atoms with Gasteiger partial charge in [0, 0.05) is 32.8 Å². The summed E-state index contributed by atoms with van der Waals surface area (Å²) < 4.78 is 0. The normalized spacial score (nSPS) is 12.7. The van der Waals surface area contributed by atoms with E-state index < -0.39 is 0 Å². The Hall–Kier alpha value is -0.940. The average Bonchev–Trinajstić information content (AvgIpc) is 3.14. The number of nitrogens with one attached hydrogen (secondary N) is 1. The lowest BCUT2D eigenvalue weighted by atomic mass is 10.2. The van der Waals surface area contributed by atoms with E-state index in [0.717, 1.165) is 6.54 Å². The lowest BCUT2D eigenvalue weighted by Crippen LogP contribution is -2.16. The van der Waals surface area contributed by atoms with Crippen LogP contribution in [0.15, 0.2) is 46.5 Å². The van der Waals surface area contributed by atoms with Crippen molar-refractivity contribution in [3.8, 4) is 10.4 Å². The van der Waals surface area contributed by atoms with Crippen LogP contribution in [-0.4, -0.2) is 0 Å². The second-order valence-electron chi connectivity index (χ2n) is 4.40. The summed E-state index contributed by atoms with van der Waals surface area (Å²) in [4.78, 5) is 4.15. The Balaban J connectivity index is 1.62. The molecule has 0 spiro atoms. The van der Waals surface area contributed by atoms with Crippen molar-refractivity contribution in [2.45, 2.75) is 19.5 Å². The summed E-state index contributed by atoms with van der Waals surface area (Å²) in [5.74, 6) is 0. The van der Waals surface area contributed by atoms with Crippen LogP contribution in [0.1, 0.15) is 22.7 Å². The lowest BCUT2D eigenvalue weighted by molar-refractivity contribution is 0.587. The molecule has 19 heavy (non-hydrogen) atoms. The predicted molar refractivity (Wildman–Crippen MR) is 87.2 cm³/mol. The van der Waals surface area contributed by atoms with Crippen molar-refractivity contribution in [2.24, 2.45) is 0 Å². The van der Waals surface area contributed by atoms with Crippen LogP contribution in [0.2, 0.25) is 0 Å². The van der Waals surface area contributed by atoms with Crippen LogP contribution in [0.5, 0.6) is 0 Å². The molecule has 3 rings (SSSR count). The topological polar surface area (TPSA) is 12.0 Å². The van der Waals surface area contributed by atoms with Gasteiger partial charge in [0.05, 0.1) is 0 Å². The van der Waals surface area contributed by atoms with Crippen molar-refractivity contribution in [1.29, 1.82) is 0 Å². The molecule has 1 N–H and O–H groups in total. The molecule has 0 aliphatic carbocycles. The molecule has 4 heteroatoms. The molecular formula is C15H15NS3.